The third-order valence-electron chi connectivity index (χ3n) is 3.10. The van der Waals surface area contributed by atoms with E-state index in [9.17, 15) is 0 Å². The van der Waals surface area contributed by atoms with Crippen molar-refractivity contribution >= 4 is 11.3 Å². The van der Waals surface area contributed by atoms with Crippen LogP contribution in [0.3, 0.4) is 0 Å². The van der Waals surface area contributed by atoms with Gasteiger partial charge < -0.3 is 0 Å². The fourth-order valence-electron chi connectivity index (χ4n) is 2.14. The van der Waals surface area contributed by atoms with Gasteiger partial charge in [-0.3, -0.25) is 0 Å². The molecule has 0 aliphatic carbocycles. The molecule has 1 atom stereocenters. The summed E-state index contributed by atoms with van der Waals surface area (Å²) in [4.78, 5) is 0. The van der Waals surface area contributed by atoms with Crippen molar-refractivity contribution in [2.24, 2.45) is 0 Å². The SMILES string of the molecule is CCCCC(C)(CCC)c1ccsc1. The molecule has 1 heterocycles. The molecule has 0 aliphatic heterocycles. The summed E-state index contributed by atoms with van der Waals surface area (Å²) >= 11 is 1.83. The van der Waals surface area contributed by atoms with E-state index in [0.29, 0.717) is 5.41 Å². The van der Waals surface area contributed by atoms with Crippen LogP contribution in [0.25, 0.3) is 0 Å². The second kappa shape index (κ2) is 5.55. The van der Waals surface area contributed by atoms with E-state index in [2.05, 4.69) is 37.6 Å². The third kappa shape index (κ3) is 2.84. The van der Waals surface area contributed by atoms with Gasteiger partial charge in [0.1, 0.15) is 0 Å². The maximum Gasteiger partial charge on any atom is -0.00557 e. The van der Waals surface area contributed by atoms with Crippen molar-refractivity contribution in [3.63, 3.8) is 0 Å². The first-order valence-electron chi connectivity index (χ1n) is 5.75. The smallest absolute Gasteiger partial charge is 0.00557 e. The standard InChI is InChI=1S/C13H22S/c1-4-6-9-13(3,8-5-2)12-7-10-14-11-12/h7,10-11H,4-6,8-9H2,1-3H3. The molecule has 1 aromatic rings. The molecule has 80 valence electrons. The number of thiophene rings is 1. The van der Waals surface area contributed by atoms with Crippen LogP contribution in [0.1, 0.15) is 58.4 Å². The topological polar surface area (TPSA) is 0 Å². The molecule has 0 aromatic carbocycles. The second-order valence-corrected chi connectivity index (χ2v) is 5.21. The highest BCUT2D eigenvalue weighted by Crippen LogP contribution is 2.35. The predicted octanol–water partition coefficient (Wildman–Crippen LogP) is 5.00. The molecule has 0 radical (unpaired) electrons. The zero-order valence-corrected chi connectivity index (χ0v) is 10.5. The first-order valence-corrected chi connectivity index (χ1v) is 6.70. The van der Waals surface area contributed by atoms with Gasteiger partial charge in [-0.2, -0.15) is 11.3 Å². The molecule has 0 aliphatic rings. The van der Waals surface area contributed by atoms with Crippen molar-refractivity contribution in [3.8, 4) is 0 Å². The van der Waals surface area contributed by atoms with Gasteiger partial charge in [0.15, 0.2) is 0 Å². The van der Waals surface area contributed by atoms with Crippen LogP contribution in [0.5, 0.6) is 0 Å². The van der Waals surface area contributed by atoms with Crippen LogP contribution in [-0.4, -0.2) is 0 Å². The molecular formula is C13H22S. The molecule has 0 bridgehead atoms. The van der Waals surface area contributed by atoms with E-state index in [0.717, 1.165) is 0 Å². The number of hydrogen-bond acceptors (Lipinski definition) is 1. The molecule has 0 N–H and O–H groups in total. The minimum atomic E-state index is 0.435. The molecular weight excluding hydrogens is 188 g/mol. The van der Waals surface area contributed by atoms with Gasteiger partial charge in [-0.15, -0.1) is 0 Å². The Morgan fingerprint density at radius 3 is 2.50 bits per heavy atom. The van der Waals surface area contributed by atoms with Gasteiger partial charge in [-0.25, -0.2) is 0 Å². The zero-order valence-electron chi connectivity index (χ0n) is 9.68. The van der Waals surface area contributed by atoms with Crippen molar-refractivity contribution in [1.82, 2.24) is 0 Å². The maximum atomic E-state index is 2.42. The Hall–Kier alpha value is -0.300. The molecule has 1 heteroatoms. The average Bonchev–Trinajstić information content (AvgIpc) is 2.68. The molecule has 0 spiro atoms. The minimum Gasteiger partial charge on any atom is -0.152 e. The Labute approximate surface area is 92.4 Å². The molecule has 0 amide bonds. The van der Waals surface area contributed by atoms with Crippen molar-refractivity contribution < 1.29 is 0 Å². The van der Waals surface area contributed by atoms with E-state index in [4.69, 9.17) is 0 Å². The normalized spacial score (nSPS) is 15.4. The van der Waals surface area contributed by atoms with Crippen molar-refractivity contribution in [3.05, 3.63) is 22.4 Å². The van der Waals surface area contributed by atoms with Crippen molar-refractivity contribution in [2.45, 2.75) is 58.3 Å². The van der Waals surface area contributed by atoms with E-state index in [-0.39, 0.29) is 0 Å². The van der Waals surface area contributed by atoms with E-state index in [1.165, 1.54) is 32.1 Å². The summed E-state index contributed by atoms with van der Waals surface area (Å²) in [6.45, 7) is 6.99. The maximum absolute atomic E-state index is 2.42. The minimum absolute atomic E-state index is 0.435. The largest absolute Gasteiger partial charge is 0.152 e. The summed E-state index contributed by atoms with van der Waals surface area (Å²) in [5, 5.41) is 4.53. The summed E-state index contributed by atoms with van der Waals surface area (Å²) < 4.78 is 0. The van der Waals surface area contributed by atoms with E-state index in [1.807, 2.05) is 11.3 Å². The average molecular weight is 210 g/mol. The number of hydrogen-bond donors (Lipinski definition) is 0. The summed E-state index contributed by atoms with van der Waals surface area (Å²) in [5.41, 5.74) is 1.99. The van der Waals surface area contributed by atoms with Gasteiger partial charge in [-0.05, 0) is 40.6 Å². The molecule has 0 fully saturated rings. The van der Waals surface area contributed by atoms with E-state index < -0.39 is 0 Å². The first kappa shape index (κ1) is 11.8. The van der Waals surface area contributed by atoms with Gasteiger partial charge in [0.05, 0.1) is 0 Å². The van der Waals surface area contributed by atoms with Gasteiger partial charge >= 0.3 is 0 Å². The van der Waals surface area contributed by atoms with Crippen LogP contribution >= 0.6 is 11.3 Å². The number of unbranched alkanes of at least 4 members (excludes halogenated alkanes) is 1. The van der Waals surface area contributed by atoms with Gasteiger partial charge in [-0.1, -0.05) is 40.0 Å². The molecule has 0 saturated carbocycles. The van der Waals surface area contributed by atoms with Gasteiger partial charge in [0.2, 0.25) is 0 Å². The lowest BCUT2D eigenvalue weighted by molar-refractivity contribution is 0.384. The Kier molecular flexibility index (Phi) is 4.67. The highest BCUT2D eigenvalue weighted by atomic mass is 32.1. The first-order chi connectivity index (χ1) is 6.73. The van der Waals surface area contributed by atoms with Gasteiger partial charge in [0.25, 0.3) is 0 Å². The van der Waals surface area contributed by atoms with Crippen LogP contribution in [0.4, 0.5) is 0 Å². The second-order valence-electron chi connectivity index (χ2n) is 4.43. The summed E-state index contributed by atoms with van der Waals surface area (Å²) in [6, 6.07) is 2.30. The molecule has 1 unspecified atom stereocenters. The van der Waals surface area contributed by atoms with E-state index >= 15 is 0 Å². The van der Waals surface area contributed by atoms with Crippen LogP contribution < -0.4 is 0 Å². The zero-order chi connectivity index (χ0) is 10.4. The highest BCUT2D eigenvalue weighted by molar-refractivity contribution is 7.08. The van der Waals surface area contributed by atoms with Gasteiger partial charge in [0, 0.05) is 0 Å². The van der Waals surface area contributed by atoms with Crippen molar-refractivity contribution in [2.75, 3.05) is 0 Å². The Morgan fingerprint density at radius 1 is 1.21 bits per heavy atom. The lowest BCUT2D eigenvalue weighted by Crippen LogP contribution is -2.20. The molecule has 14 heavy (non-hydrogen) atoms. The molecule has 1 rings (SSSR count). The van der Waals surface area contributed by atoms with Crippen LogP contribution in [0.2, 0.25) is 0 Å². The quantitative estimate of drug-likeness (QED) is 0.620. The lowest BCUT2D eigenvalue weighted by atomic mass is 9.76. The molecule has 0 nitrogen and oxygen atoms in total. The fraction of sp³-hybridized carbons (Fsp3) is 0.692. The summed E-state index contributed by atoms with van der Waals surface area (Å²) in [5.74, 6) is 0. The molecule has 1 aromatic heterocycles. The number of rotatable bonds is 6. The monoisotopic (exact) mass is 210 g/mol. The highest BCUT2D eigenvalue weighted by Gasteiger charge is 2.24. The van der Waals surface area contributed by atoms with Crippen LogP contribution in [0, 0.1) is 0 Å². The summed E-state index contributed by atoms with van der Waals surface area (Å²) in [6.07, 6.45) is 6.61. The predicted molar refractivity (Wildman–Crippen MR) is 66.1 cm³/mol. The Balaban J connectivity index is 2.70. The van der Waals surface area contributed by atoms with Crippen LogP contribution in [-0.2, 0) is 5.41 Å². The summed E-state index contributed by atoms with van der Waals surface area (Å²) in [7, 11) is 0. The molecule has 0 saturated heterocycles. The van der Waals surface area contributed by atoms with Crippen LogP contribution in [0.15, 0.2) is 16.8 Å². The fourth-order valence-corrected chi connectivity index (χ4v) is 2.95. The Bertz CT molecular complexity index is 238. The van der Waals surface area contributed by atoms with E-state index in [1.54, 1.807) is 5.56 Å². The Morgan fingerprint density at radius 2 is 2.00 bits per heavy atom. The lowest BCUT2D eigenvalue weighted by Gasteiger charge is -2.28. The third-order valence-corrected chi connectivity index (χ3v) is 3.79. The van der Waals surface area contributed by atoms with Crippen molar-refractivity contribution in [1.29, 1.82) is 0 Å².